The van der Waals surface area contributed by atoms with Gasteiger partial charge in [-0.3, -0.25) is 4.79 Å². The molecule has 0 unspecified atom stereocenters. The Balaban J connectivity index is 1.36. The maximum Gasteiger partial charge on any atom is 0.277 e. The van der Waals surface area contributed by atoms with Crippen molar-refractivity contribution in [3.63, 3.8) is 0 Å². The number of carbonyl (C=O) groups excluding carboxylic acids is 1. The van der Waals surface area contributed by atoms with Gasteiger partial charge < -0.3 is 9.73 Å². The van der Waals surface area contributed by atoms with Crippen LogP contribution in [-0.4, -0.2) is 21.9 Å². The second-order valence-corrected chi connectivity index (χ2v) is 8.75. The highest BCUT2D eigenvalue weighted by atomic mass is 35.5. The fraction of sp³-hybridized carbons (Fsp3) is 0.0455. The van der Waals surface area contributed by atoms with Crippen molar-refractivity contribution in [2.24, 2.45) is 0 Å². The highest BCUT2D eigenvalue weighted by Crippen LogP contribution is 2.34. The lowest BCUT2D eigenvalue weighted by molar-refractivity contribution is -0.113. The zero-order valence-corrected chi connectivity index (χ0v) is 18.3. The number of hydrogen-bond acceptors (Lipinski definition) is 6. The molecule has 0 spiro atoms. The van der Waals surface area contributed by atoms with Crippen LogP contribution in [0.1, 0.15) is 0 Å². The second kappa shape index (κ2) is 10.00. The molecule has 0 fully saturated rings. The maximum atomic E-state index is 13.0. The Morgan fingerprint density at radius 2 is 1.74 bits per heavy atom. The molecule has 0 saturated carbocycles. The number of amides is 1. The Morgan fingerprint density at radius 1 is 1.00 bits per heavy atom. The van der Waals surface area contributed by atoms with Crippen LogP contribution in [0.15, 0.2) is 92.2 Å². The first-order valence-corrected chi connectivity index (χ1v) is 11.3. The number of nitrogens with one attached hydrogen (secondary N) is 1. The number of benzene rings is 3. The van der Waals surface area contributed by atoms with E-state index >= 15 is 0 Å². The second-order valence-electron chi connectivity index (χ2n) is 6.27. The summed E-state index contributed by atoms with van der Waals surface area (Å²) in [7, 11) is 0. The zero-order valence-electron chi connectivity index (χ0n) is 15.9. The number of anilines is 1. The molecule has 0 radical (unpaired) electrons. The number of thioether (sulfide) groups is 1. The van der Waals surface area contributed by atoms with Gasteiger partial charge in [-0.2, -0.15) is 0 Å². The number of nitrogens with zero attached hydrogens (tertiary/aromatic N) is 2. The minimum atomic E-state index is -0.343. The van der Waals surface area contributed by atoms with Crippen LogP contribution in [0.3, 0.4) is 0 Å². The summed E-state index contributed by atoms with van der Waals surface area (Å²) in [6.07, 6.45) is 0. The minimum absolute atomic E-state index is 0.102. The highest BCUT2D eigenvalue weighted by Gasteiger charge is 2.13. The van der Waals surface area contributed by atoms with E-state index in [1.54, 1.807) is 12.1 Å². The zero-order chi connectivity index (χ0) is 21.6. The van der Waals surface area contributed by atoms with E-state index in [0.717, 1.165) is 21.6 Å². The van der Waals surface area contributed by atoms with Gasteiger partial charge in [-0.25, -0.2) is 4.39 Å². The number of rotatable bonds is 7. The largest absolute Gasteiger partial charge is 0.411 e. The van der Waals surface area contributed by atoms with Crippen molar-refractivity contribution in [3.8, 4) is 11.5 Å². The third kappa shape index (κ3) is 5.88. The van der Waals surface area contributed by atoms with Gasteiger partial charge in [0, 0.05) is 20.4 Å². The lowest BCUT2D eigenvalue weighted by Crippen LogP contribution is -2.14. The smallest absolute Gasteiger partial charge is 0.277 e. The van der Waals surface area contributed by atoms with Gasteiger partial charge in [-0.05, 0) is 60.7 Å². The Bertz CT molecular complexity index is 1180. The van der Waals surface area contributed by atoms with E-state index in [1.807, 2.05) is 48.5 Å². The molecule has 1 heterocycles. The number of aromatic nitrogens is 2. The van der Waals surface area contributed by atoms with Crippen LogP contribution < -0.4 is 5.32 Å². The molecule has 4 rings (SSSR count). The van der Waals surface area contributed by atoms with Crippen molar-refractivity contribution in [3.05, 3.63) is 83.6 Å². The molecule has 0 bridgehead atoms. The van der Waals surface area contributed by atoms with Crippen LogP contribution in [0.5, 0.6) is 0 Å². The number of hydrogen-bond donors (Lipinski definition) is 1. The summed E-state index contributed by atoms with van der Waals surface area (Å²) in [5, 5.41) is 11.7. The van der Waals surface area contributed by atoms with Crippen LogP contribution in [-0.2, 0) is 4.79 Å². The van der Waals surface area contributed by atoms with Crippen LogP contribution in [0.25, 0.3) is 11.5 Å². The van der Waals surface area contributed by atoms with Gasteiger partial charge in [0.15, 0.2) is 0 Å². The van der Waals surface area contributed by atoms with Crippen molar-refractivity contribution in [1.82, 2.24) is 10.2 Å². The summed E-state index contributed by atoms with van der Waals surface area (Å²) < 4.78 is 18.6. The maximum absolute atomic E-state index is 13.0. The van der Waals surface area contributed by atoms with Crippen LogP contribution in [0, 0.1) is 5.82 Å². The number of halogens is 2. The van der Waals surface area contributed by atoms with Gasteiger partial charge in [-0.15, -0.1) is 10.2 Å². The molecule has 0 aliphatic heterocycles. The summed E-state index contributed by atoms with van der Waals surface area (Å²) in [5.74, 6) is -0.169. The van der Waals surface area contributed by atoms with Gasteiger partial charge in [0.05, 0.1) is 11.4 Å². The van der Waals surface area contributed by atoms with Gasteiger partial charge in [-0.1, -0.05) is 47.3 Å². The van der Waals surface area contributed by atoms with Crippen LogP contribution in [0.4, 0.5) is 10.1 Å². The summed E-state index contributed by atoms with van der Waals surface area (Å²) in [4.78, 5) is 14.4. The lowest BCUT2D eigenvalue weighted by Gasteiger charge is -2.10. The van der Waals surface area contributed by atoms with Crippen LogP contribution >= 0.6 is 35.1 Å². The Labute approximate surface area is 191 Å². The molecule has 0 aliphatic carbocycles. The fourth-order valence-electron chi connectivity index (χ4n) is 2.58. The van der Waals surface area contributed by atoms with E-state index in [9.17, 15) is 9.18 Å². The van der Waals surface area contributed by atoms with Gasteiger partial charge in [0.2, 0.25) is 11.8 Å². The average Bonchev–Trinajstić information content (AvgIpc) is 3.25. The number of carbonyl (C=O) groups is 1. The topological polar surface area (TPSA) is 68.0 Å². The first-order chi connectivity index (χ1) is 15.1. The molecule has 156 valence electrons. The van der Waals surface area contributed by atoms with E-state index in [1.165, 1.54) is 23.9 Å². The molecule has 0 aliphatic rings. The quantitative estimate of drug-likeness (QED) is 0.314. The SMILES string of the molecule is O=C(CSc1nnc(-c2ccc(F)cc2)o1)Nc1ccccc1Sc1ccc(Cl)cc1. The van der Waals surface area contributed by atoms with Crippen molar-refractivity contribution < 1.29 is 13.6 Å². The van der Waals surface area contributed by atoms with Crippen molar-refractivity contribution in [2.45, 2.75) is 15.0 Å². The molecule has 3 aromatic carbocycles. The van der Waals surface area contributed by atoms with Crippen LogP contribution in [0.2, 0.25) is 5.02 Å². The molecule has 31 heavy (non-hydrogen) atoms. The molecule has 9 heteroatoms. The lowest BCUT2D eigenvalue weighted by atomic mass is 10.2. The Morgan fingerprint density at radius 3 is 2.52 bits per heavy atom. The molecule has 1 amide bonds. The van der Waals surface area contributed by atoms with Gasteiger partial charge >= 0.3 is 0 Å². The molecule has 0 saturated heterocycles. The Hall–Kier alpha value is -2.81. The monoisotopic (exact) mass is 471 g/mol. The molecule has 1 aromatic heterocycles. The van der Waals surface area contributed by atoms with Gasteiger partial charge in [0.1, 0.15) is 5.82 Å². The molecule has 0 atom stereocenters. The van der Waals surface area contributed by atoms with Crippen molar-refractivity contribution in [1.29, 1.82) is 0 Å². The molecule has 5 nitrogen and oxygen atoms in total. The fourth-order valence-corrected chi connectivity index (χ4v) is 4.17. The number of para-hydroxylation sites is 1. The average molecular weight is 472 g/mol. The third-order valence-corrected chi connectivity index (χ3v) is 6.18. The summed E-state index contributed by atoms with van der Waals surface area (Å²) in [5.41, 5.74) is 1.32. The summed E-state index contributed by atoms with van der Waals surface area (Å²) in [6, 6.07) is 20.8. The van der Waals surface area contributed by atoms with Crippen molar-refractivity contribution >= 4 is 46.7 Å². The Kier molecular flexibility index (Phi) is 6.91. The first-order valence-electron chi connectivity index (χ1n) is 9.11. The van der Waals surface area contributed by atoms with E-state index < -0.39 is 0 Å². The normalized spacial score (nSPS) is 10.8. The summed E-state index contributed by atoms with van der Waals surface area (Å²) in [6.45, 7) is 0. The van der Waals surface area contributed by atoms with E-state index in [-0.39, 0.29) is 28.6 Å². The van der Waals surface area contributed by atoms with E-state index in [4.69, 9.17) is 16.0 Å². The molecule has 1 N–H and O–H groups in total. The molecule has 4 aromatic rings. The van der Waals surface area contributed by atoms with Crippen molar-refractivity contribution in [2.75, 3.05) is 11.1 Å². The predicted octanol–water partition coefficient (Wildman–Crippen LogP) is 6.41. The third-order valence-electron chi connectivity index (χ3n) is 4.03. The minimum Gasteiger partial charge on any atom is -0.411 e. The highest BCUT2D eigenvalue weighted by molar-refractivity contribution is 8.00. The predicted molar refractivity (Wildman–Crippen MR) is 121 cm³/mol. The first kappa shape index (κ1) is 21.4. The van der Waals surface area contributed by atoms with Gasteiger partial charge in [0.25, 0.3) is 5.22 Å². The summed E-state index contributed by atoms with van der Waals surface area (Å²) >= 11 is 8.61. The van der Waals surface area contributed by atoms with E-state index in [2.05, 4.69) is 15.5 Å². The molecular formula is C22H15ClFN3O2S2. The standard InChI is InChI=1S/C22H15ClFN3O2S2/c23-15-7-11-17(12-8-15)31-19-4-2-1-3-18(19)25-20(28)13-30-22-27-26-21(29-22)14-5-9-16(24)10-6-14/h1-12H,13H2,(H,25,28). The van der Waals surface area contributed by atoms with E-state index in [0.29, 0.717) is 16.3 Å². The molecular weight excluding hydrogens is 457 g/mol.